The average molecular weight is 244 g/mol. The molecule has 0 spiro atoms. The monoisotopic (exact) mass is 244 g/mol. The van der Waals surface area contributed by atoms with Crippen LogP contribution in [0, 0.1) is 5.92 Å². The maximum absolute atomic E-state index is 12.1. The molecule has 17 heavy (non-hydrogen) atoms. The lowest BCUT2D eigenvalue weighted by atomic mass is 10.0. The molecule has 0 aliphatic rings. The predicted octanol–water partition coefficient (Wildman–Crippen LogP) is 0.376. The van der Waals surface area contributed by atoms with Crippen LogP contribution in [0.2, 0.25) is 0 Å². The molecule has 0 bridgehead atoms. The quantitative estimate of drug-likeness (QED) is 0.734. The Morgan fingerprint density at radius 1 is 1.35 bits per heavy atom. The molecule has 0 saturated carbocycles. The van der Waals surface area contributed by atoms with Crippen LogP contribution in [0.25, 0.3) is 0 Å². The van der Waals surface area contributed by atoms with Gasteiger partial charge in [0.25, 0.3) is 0 Å². The van der Waals surface area contributed by atoms with E-state index in [1.54, 1.807) is 20.9 Å². The van der Waals surface area contributed by atoms with E-state index in [2.05, 4.69) is 5.32 Å². The summed E-state index contributed by atoms with van der Waals surface area (Å²) in [5.74, 6) is -0.401. The van der Waals surface area contributed by atoms with Gasteiger partial charge in [-0.1, -0.05) is 13.8 Å². The van der Waals surface area contributed by atoms with E-state index in [9.17, 15) is 14.7 Å². The van der Waals surface area contributed by atoms with Gasteiger partial charge in [-0.2, -0.15) is 0 Å². The first-order chi connectivity index (χ1) is 7.54. The number of nitrogens with zero attached hydrogens (tertiary/aromatic N) is 1. The molecule has 5 heteroatoms. The van der Waals surface area contributed by atoms with E-state index in [-0.39, 0.29) is 24.3 Å². The number of hydrogen-bond donors (Lipinski definition) is 2. The first kappa shape index (κ1) is 15.9. The summed E-state index contributed by atoms with van der Waals surface area (Å²) in [4.78, 5) is 24.6. The summed E-state index contributed by atoms with van der Waals surface area (Å²) in [6.07, 6.45) is 0. The summed E-state index contributed by atoms with van der Waals surface area (Å²) in [7, 11) is 1.62. The molecule has 0 fully saturated rings. The Morgan fingerprint density at radius 3 is 2.12 bits per heavy atom. The summed E-state index contributed by atoms with van der Waals surface area (Å²) in [6.45, 7) is 8.64. The Bertz CT molecular complexity index is 282. The van der Waals surface area contributed by atoms with Gasteiger partial charge in [0.1, 0.15) is 6.04 Å². The minimum Gasteiger partial charge on any atom is -0.389 e. The van der Waals surface area contributed by atoms with Gasteiger partial charge >= 0.3 is 0 Å². The SMILES string of the molecule is CC(=O)NC(C(=O)N(C)CC(C)(C)O)C(C)C. The highest BCUT2D eigenvalue weighted by atomic mass is 16.3. The molecule has 0 radical (unpaired) electrons. The zero-order chi connectivity index (χ0) is 13.8. The first-order valence-electron chi connectivity index (χ1n) is 5.79. The van der Waals surface area contributed by atoms with Crippen LogP contribution in [0.3, 0.4) is 0 Å². The van der Waals surface area contributed by atoms with Crippen LogP contribution in [0.4, 0.5) is 0 Å². The lowest BCUT2D eigenvalue weighted by Crippen LogP contribution is -2.52. The fraction of sp³-hybridized carbons (Fsp3) is 0.833. The van der Waals surface area contributed by atoms with Crippen LogP contribution < -0.4 is 5.32 Å². The van der Waals surface area contributed by atoms with Crippen molar-refractivity contribution in [2.45, 2.75) is 46.3 Å². The molecule has 0 aromatic heterocycles. The van der Waals surface area contributed by atoms with Crippen molar-refractivity contribution < 1.29 is 14.7 Å². The van der Waals surface area contributed by atoms with Crippen molar-refractivity contribution in [3.05, 3.63) is 0 Å². The van der Waals surface area contributed by atoms with Gasteiger partial charge in [0.15, 0.2) is 0 Å². The highest BCUT2D eigenvalue weighted by Gasteiger charge is 2.28. The number of hydrogen-bond acceptors (Lipinski definition) is 3. The van der Waals surface area contributed by atoms with Crippen molar-refractivity contribution in [2.24, 2.45) is 5.92 Å². The number of nitrogens with one attached hydrogen (secondary N) is 1. The smallest absolute Gasteiger partial charge is 0.245 e. The topological polar surface area (TPSA) is 69.6 Å². The third kappa shape index (κ3) is 6.26. The maximum Gasteiger partial charge on any atom is 0.245 e. The molecule has 0 rings (SSSR count). The Kier molecular flexibility index (Phi) is 5.61. The van der Waals surface area contributed by atoms with Gasteiger partial charge < -0.3 is 15.3 Å². The second-order valence-electron chi connectivity index (χ2n) is 5.43. The van der Waals surface area contributed by atoms with Crippen molar-refractivity contribution in [3.63, 3.8) is 0 Å². The van der Waals surface area contributed by atoms with Crippen molar-refractivity contribution in [3.8, 4) is 0 Å². The molecule has 1 unspecified atom stereocenters. The molecule has 0 heterocycles. The summed E-state index contributed by atoms with van der Waals surface area (Å²) < 4.78 is 0. The van der Waals surface area contributed by atoms with E-state index in [1.807, 2.05) is 13.8 Å². The lowest BCUT2D eigenvalue weighted by Gasteiger charge is -2.30. The van der Waals surface area contributed by atoms with Crippen LogP contribution >= 0.6 is 0 Å². The second kappa shape index (κ2) is 6.00. The molecular weight excluding hydrogens is 220 g/mol. The van der Waals surface area contributed by atoms with E-state index < -0.39 is 11.6 Å². The third-order valence-corrected chi connectivity index (χ3v) is 2.29. The summed E-state index contributed by atoms with van der Waals surface area (Å²) in [6, 6.07) is -0.542. The van der Waals surface area contributed by atoms with Crippen molar-refractivity contribution in [2.75, 3.05) is 13.6 Å². The Labute approximate surface area is 103 Å². The molecule has 1 atom stereocenters. The Balaban J connectivity index is 4.67. The number of carbonyl (C=O) groups is 2. The minimum absolute atomic E-state index is 0.00987. The van der Waals surface area contributed by atoms with Crippen molar-refractivity contribution >= 4 is 11.8 Å². The van der Waals surface area contributed by atoms with Crippen LogP contribution in [-0.2, 0) is 9.59 Å². The van der Waals surface area contributed by atoms with E-state index >= 15 is 0 Å². The molecule has 0 aliphatic heterocycles. The van der Waals surface area contributed by atoms with Crippen LogP contribution in [0.5, 0.6) is 0 Å². The van der Waals surface area contributed by atoms with E-state index in [1.165, 1.54) is 11.8 Å². The number of rotatable bonds is 5. The van der Waals surface area contributed by atoms with Crippen LogP contribution in [0.15, 0.2) is 0 Å². The number of amides is 2. The Morgan fingerprint density at radius 2 is 1.82 bits per heavy atom. The van der Waals surface area contributed by atoms with E-state index in [0.717, 1.165) is 0 Å². The van der Waals surface area contributed by atoms with Crippen molar-refractivity contribution in [1.82, 2.24) is 10.2 Å². The molecule has 0 aliphatic carbocycles. The highest BCUT2D eigenvalue weighted by molar-refractivity contribution is 5.87. The molecule has 2 N–H and O–H groups in total. The largest absolute Gasteiger partial charge is 0.389 e. The zero-order valence-corrected chi connectivity index (χ0v) is 11.6. The first-order valence-corrected chi connectivity index (χ1v) is 5.79. The minimum atomic E-state index is -0.942. The molecule has 0 aromatic carbocycles. The molecule has 100 valence electrons. The summed E-state index contributed by atoms with van der Waals surface area (Å²) in [5, 5.41) is 12.3. The van der Waals surface area contributed by atoms with Gasteiger partial charge in [-0.25, -0.2) is 0 Å². The highest BCUT2D eigenvalue weighted by Crippen LogP contribution is 2.09. The average Bonchev–Trinajstić information content (AvgIpc) is 2.09. The fourth-order valence-electron chi connectivity index (χ4n) is 1.63. The molecule has 5 nitrogen and oxygen atoms in total. The van der Waals surface area contributed by atoms with Crippen LogP contribution in [0.1, 0.15) is 34.6 Å². The van der Waals surface area contributed by atoms with Crippen molar-refractivity contribution in [1.29, 1.82) is 0 Å². The lowest BCUT2D eigenvalue weighted by molar-refractivity contribution is -0.138. The maximum atomic E-state index is 12.1. The van der Waals surface area contributed by atoms with Gasteiger partial charge in [-0.3, -0.25) is 9.59 Å². The van der Waals surface area contributed by atoms with Crippen LogP contribution in [-0.4, -0.2) is 47.1 Å². The standard InChI is InChI=1S/C12H24N2O3/c1-8(2)10(13-9(3)15)11(16)14(6)7-12(4,5)17/h8,10,17H,7H2,1-6H3,(H,13,15). The van der Waals surface area contributed by atoms with Gasteiger partial charge in [0, 0.05) is 20.5 Å². The molecule has 0 aromatic rings. The van der Waals surface area contributed by atoms with Gasteiger partial charge in [-0.05, 0) is 19.8 Å². The van der Waals surface area contributed by atoms with E-state index in [4.69, 9.17) is 0 Å². The summed E-state index contributed by atoms with van der Waals surface area (Å²) >= 11 is 0. The fourth-order valence-corrected chi connectivity index (χ4v) is 1.63. The second-order valence-corrected chi connectivity index (χ2v) is 5.43. The number of likely N-dealkylation sites (N-methyl/N-ethyl adjacent to an activating group) is 1. The van der Waals surface area contributed by atoms with Gasteiger partial charge in [0.2, 0.25) is 11.8 Å². The van der Waals surface area contributed by atoms with E-state index in [0.29, 0.717) is 0 Å². The van der Waals surface area contributed by atoms with Gasteiger partial charge in [-0.15, -0.1) is 0 Å². The number of carbonyl (C=O) groups excluding carboxylic acids is 2. The van der Waals surface area contributed by atoms with Gasteiger partial charge in [0.05, 0.1) is 5.60 Å². The summed E-state index contributed by atoms with van der Waals surface area (Å²) in [5.41, 5.74) is -0.942. The normalized spacial score (nSPS) is 13.4. The molecule has 0 saturated heterocycles. The third-order valence-electron chi connectivity index (χ3n) is 2.29. The number of aliphatic hydroxyl groups is 1. The molecular formula is C12H24N2O3. The molecule has 2 amide bonds. The Hall–Kier alpha value is -1.10. The predicted molar refractivity (Wildman–Crippen MR) is 66.4 cm³/mol. The zero-order valence-electron chi connectivity index (χ0n) is 11.6.